The molecule has 1 amide bonds. The third kappa shape index (κ3) is 5.05. The summed E-state index contributed by atoms with van der Waals surface area (Å²) in [5, 5.41) is 7.08. The molecule has 2 heterocycles. The topological polar surface area (TPSA) is 70.2 Å². The van der Waals surface area contributed by atoms with Gasteiger partial charge in [-0.2, -0.15) is 4.98 Å². The van der Waals surface area contributed by atoms with Crippen molar-refractivity contribution in [3.05, 3.63) is 30.5 Å². The highest BCUT2D eigenvalue weighted by molar-refractivity contribution is 7.19. The maximum absolute atomic E-state index is 12.6. The summed E-state index contributed by atoms with van der Waals surface area (Å²) in [5.74, 6) is 1.53. The highest BCUT2D eigenvalue weighted by atomic mass is 35.5. The average molecular weight is 503 g/mol. The van der Waals surface area contributed by atoms with E-state index < -0.39 is 0 Å². The van der Waals surface area contributed by atoms with E-state index in [0.717, 1.165) is 55.7 Å². The first-order valence-corrected chi connectivity index (χ1v) is 12.6. The molecule has 6 nitrogen and oxygen atoms in total. The minimum atomic E-state index is -0.214. The lowest BCUT2D eigenvalue weighted by atomic mass is 9.91. The van der Waals surface area contributed by atoms with Gasteiger partial charge in [0.25, 0.3) is 5.91 Å². The van der Waals surface area contributed by atoms with Crippen molar-refractivity contribution < 1.29 is 4.79 Å². The number of nitrogens with one attached hydrogen (secondary N) is 2. The molecule has 31 heavy (non-hydrogen) atoms. The first-order chi connectivity index (χ1) is 14.8. The van der Waals surface area contributed by atoms with E-state index in [2.05, 4.69) is 15.5 Å². The van der Waals surface area contributed by atoms with Crippen LogP contribution in [0.25, 0.3) is 0 Å². The molecule has 0 radical (unpaired) electrons. The van der Waals surface area contributed by atoms with Crippen molar-refractivity contribution in [3.63, 3.8) is 0 Å². The van der Waals surface area contributed by atoms with E-state index in [1.165, 1.54) is 24.1 Å². The van der Waals surface area contributed by atoms with Crippen molar-refractivity contribution in [1.82, 2.24) is 15.3 Å². The van der Waals surface area contributed by atoms with Crippen molar-refractivity contribution in [2.75, 3.05) is 24.3 Å². The Morgan fingerprint density at radius 2 is 1.68 bits per heavy atom. The van der Waals surface area contributed by atoms with Crippen LogP contribution in [0.1, 0.15) is 59.5 Å². The maximum Gasteiger partial charge on any atom is 0.263 e. The first kappa shape index (κ1) is 22.9. The fourth-order valence-electron chi connectivity index (χ4n) is 4.34. The molecule has 2 N–H and O–H groups in total. The van der Waals surface area contributed by atoms with Crippen LogP contribution in [0.15, 0.2) is 0 Å². The molecule has 1 fully saturated rings. The zero-order valence-corrected chi connectivity index (χ0v) is 20.7. The molecule has 2 aromatic heterocycles. The molecule has 0 saturated heterocycles. The summed E-state index contributed by atoms with van der Waals surface area (Å²) in [6.45, 7) is 0. The van der Waals surface area contributed by atoms with Gasteiger partial charge in [0.2, 0.25) is 5.95 Å². The standard InChI is InChI=1S/C21H26Cl3N5OS/c1-29(2)19-13-5-3-4-6-14(13)27-21(28-19)26-12-9-7-11(8-10-12)25-20(30)17-15(22)16(23)18(24)31-17/h11-12H,3-10H2,1-2H3,(H,25,30)(H,26,27,28). The molecular formula is C21H26Cl3N5OS. The normalized spacial score (nSPS) is 20.8. The summed E-state index contributed by atoms with van der Waals surface area (Å²) in [4.78, 5) is 24.6. The second-order valence-corrected chi connectivity index (χ2v) is 10.8. The van der Waals surface area contributed by atoms with Gasteiger partial charge in [0.1, 0.15) is 15.0 Å². The molecule has 1 saturated carbocycles. The van der Waals surface area contributed by atoms with E-state index in [-0.39, 0.29) is 22.0 Å². The largest absolute Gasteiger partial charge is 0.362 e. The summed E-state index contributed by atoms with van der Waals surface area (Å²) < 4.78 is 0.340. The number of carbonyl (C=O) groups excluding carboxylic acids is 1. The highest BCUT2D eigenvalue weighted by Crippen LogP contribution is 2.40. The van der Waals surface area contributed by atoms with Crippen LogP contribution in [0.5, 0.6) is 0 Å². The lowest BCUT2D eigenvalue weighted by Crippen LogP contribution is -2.40. The monoisotopic (exact) mass is 501 g/mol. The minimum absolute atomic E-state index is 0.100. The SMILES string of the molecule is CN(C)c1nc(NC2CCC(NC(=O)c3sc(Cl)c(Cl)c3Cl)CC2)nc2c1CCCC2. The average Bonchev–Trinajstić information content (AvgIpc) is 3.02. The lowest BCUT2D eigenvalue weighted by Gasteiger charge is -2.30. The number of fused-ring (bicyclic) bond motifs is 1. The van der Waals surface area contributed by atoms with Crippen LogP contribution in [-0.2, 0) is 12.8 Å². The number of aryl methyl sites for hydroxylation is 1. The fraction of sp³-hybridized carbons (Fsp3) is 0.571. The summed E-state index contributed by atoms with van der Waals surface area (Å²) in [6.07, 6.45) is 8.08. The van der Waals surface area contributed by atoms with Crippen molar-refractivity contribution in [3.8, 4) is 0 Å². The van der Waals surface area contributed by atoms with Gasteiger partial charge in [-0.25, -0.2) is 4.98 Å². The van der Waals surface area contributed by atoms with Crippen LogP contribution in [0, 0.1) is 0 Å². The molecule has 0 bridgehead atoms. The number of amides is 1. The number of rotatable bonds is 5. The molecule has 10 heteroatoms. The minimum Gasteiger partial charge on any atom is -0.362 e. The van der Waals surface area contributed by atoms with Gasteiger partial charge < -0.3 is 15.5 Å². The van der Waals surface area contributed by atoms with E-state index in [9.17, 15) is 4.79 Å². The van der Waals surface area contributed by atoms with Gasteiger partial charge in [-0.3, -0.25) is 4.79 Å². The molecular weight excluding hydrogens is 477 g/mol. The Hall–Kier alpha value is -1.28. The van der Waals surface area contributed by atoms with Crippen LogP contribution < -0.4 is 15.5 Å². The second kappa shape index (κ2) is 9.69. The molecule has 0 spiro atoms. The molecule has 168 valence electrons. The van der Waals surface area contributed by atoms with Gasteiger partial charge in [0, 0.05) is 31.7 Å². The van der Waals surface area contributed by atoms with E-state index in [4.69, 9.17) is 44.8 Å². The number of carbonyl (C=O) groups is 1. The van der Waals surface area contributed by atoms with Crippen molar-refractivity contribution in [1.29, 1.82) is 0 Å². The molecule has 0 aliphatic heterocycles. The summed E-state index contributed by atoms with van der Waals surface area (Å²) in [6, 6.07) is 0.391. The Balaban J connectivity index is 1.36. The molecule has 2 aromatic rings. The number of nitrogens with zero attached hydrogens (tertiary/aromatic N) is 3. The lowest BCUT2D eigenvalue weighted by molar-refractivity contribution is 0.0931. The third-order valence-electron chi connectivity index (χ3n) is 5.94. The van der Waals surface area contributed by atoms with Gasteiger partial charge in [-0.15, -0.1) is 11.3 Å². The second-order valence-electron chi connectivity index (χ2n) is 8.40. The molecule has 0 aromatic carbocycles. The predicted octanol–water partition coefficient (Wildman–Crippen LogP) is 5.60. The van der Waals surface area contributed by atoms with E-state index >= 15 is 0 Å². The zero-order valence-electron chi connectivity index (χ0n) is 17.6. The van der Waals surface area contributed by atoms with E-state index in [0.29, 0.717) is 21.2 Å². The summed E-state index contributed by atoms with van der Waals surface area (Å²) in [5.41, 5.74) is 2.47. The third-order valence-corrected chi connectivity index (χ3v) is 8.51. The molecule has 2 aliphatic carbocycles. The predicted molar refractivity (Wildman–Crippen MR) is 129 cm³/mol. The number of hydrogen-bond acceptors (Lipinski definition) is 6. The first-order valence-electron chi connectivity index (χ1n) is 10.6. The molecule has 0 atom stereocenters. The van der Waals surface area contributed by atoms with Crippen LogP contribution in [0.3, 0.4) is 0 Å². The quantitative estimate of drug-likeness (QED) is 0.557. The van der Waals surface area contributed by atoms with Gasteiger partial charge in [-0.05, 0) is 51.4 Å². The fourth-order valence-corrected chi connectivity index (χ4v) is 6.04. The van der Waals surface area contributed by atoms with Crippen LogP contribution in [0.4, 0.5) is 11.8 Å². The van der Waals surface area contributed by atoms with Gasteiger partial charge in [-0.1, -0.05) is 34.8 Å². The molecule has 2 aliphatic rings. The van der Waals surface area contributed by atoms with E-state index in [1.807, 2.05) is 14.1 Å². The summed E-state index contributed by atoms with van der Waals surface area (Å²) in [7, 11) is 4.07. The number of hydrogen-bond donors (Lipinski definition) is 2. The molecule has 0 unspecified atom stereocenters. The smallest absolute Gasteiger partial charge is 0.263 e. The zero-order chi connectivity index (χ0) is 22.1. The number of aromatic nitrogens is 2. The van der Waals surface area contributed by atoms with Crippen LogP contribution in [0.2, 0.25) is 14.4 Å². The highest BCUT2D eigenvalue weighted by Gasteiger charge is 2.27. The maximum atomic E-state index is 12.6. The number of thiophene rings is 1. The van der Waals surface area contributed by atoms with Gasteiger partial charge >= 0.3 is 0 Å². The Labute approximate surface area is 201 Å². The Kier molecular flexibility index (Phi) is 7.16. The van der Waals surface area contributed by atoms with E-state index in [1.54, 1.807) is 0 Å². The Bertz CT molecular complexity index is 972. The van der Waals surface area contributed by atoms with Gasteiger partial charge in [0.15, 0.2) is 0 Å². The van der Waals surface area contributed by atoms with Crippen molar-refractivity contribution in [2.24, 2.45) is 0 Å². The number of anilines is 2. The Morgan fingerprint density at radius 3 is 2.32 bits per heavy atom. The molecule has 4 rings (SSSR count). The summed E-state index contributed by atoms with van der Waals surface area (Å²) >= 11 is 19.2. The van der Waals surface area contributed by atoms with Crippen molar-refractivity contribution in [2.45, 2.75) is 63.5 Å². The Morgan fingerprint density at radius 1 is 1.00 bits per heavy atom. The van der Waals surface area contributed by atoms with Gasteiger partial charge in [0.05, 0.1) is 15.7 Å². The number of halogens is 3. The van der Waals surface area contributed by atoms with Crippen molar-refractivity contribution >= 4 is 63.8 Å². The van der Waals surface area contributed by atoms with Crippen LogP contribution in [-0.4, -0.2) is 42.1 Å². The van der Waals surface area contributed by atoms with Crippen LogP contribution >= 0.6 is 46.1 Å².